The third kappa shape index (κ3) is 4.29. The summed E-state index contributed by atoms with van der Waals surface area (Å²) >= 11 is 0.0360. The minimum atomic E-state index is -1.12. The van der Waals surface area contributed by atoms with Crippen LogP contribution in [0.5, 0.6) is 0 Å². The van der Waals surface area contributed by atoms with Crippen LogP contribution in [0.25, 0.3) is 0 Å². The number of ketones is 1. The van der Waals surface area contributed by atoms with E-state index >= 15 is 0 Å². The Morgan fingerprint density at radius 2 is 2.18 bits per heavy atom. The predicted molar refractivity (Wildman–Crippen MR) is 71.9 cm³/mol. The molecule has 17 heavy (non-hydrogen) atoms. The number of hydrogen-bond donors (Lipinski definition) is 1. The zero-order chi connectivity index (χ0) is 12.8. The summed E-state index contributed by atoms with van der Waals surface area (Å²) in [5.41, 5.74) is 5.60. The minimum Gasteiger partial charge on any atom is -0.610 e. The van der Waals surface area contributed by atoms with Crippen molar-refractivity contribution in [2.24, 2.45) is 0 Å². The number of carbonyl (C=O) groups is 1. The lowest BCUT2D eigenvalue weighted by molar-refractivity contribution is 0.102. The van der Waals surface area contributed by atoms with E-state index in [1.54, 1.807) is 0 Å². The number of unbranched alkanes of at least 4 members (excludes halogenated alkanes) is 3. The van der Waals surface area contributed by atoms with Gasteiger partial charge < -0.3 is 10.3 Å². The highest BCUT2D eigenvalue weighted by Crippen LogP contribution is 2.26. The second-order valence-corrected chi connectivity index (χ2v) is 6.60. The quantitative estimate of drug-likeness (QED) is 0.471. The molecule has 0 amide bonds. The predicted octanol–water partition coefficient (Wildman–Crippen LogP) is 2.62. The van der Waals surface area contributed by atoms with Gasteiger partial charge in [-0.1, -0.05) is 31.1 Å². The zero-order valence-corrected chi connectivity index (χ0v) is 11.8. The van der Waals surface area contributed by atoms with Crippen molar-refractivity contribution in [3.63, 3.8) is 0 Å². The number of nitrogen functional groups attached to an aromatic ring is 1. The van der Waals surface area contributed by atoms with Gasteiger partial charge in [0, 0.05) is 18.1 Å². The zero-order valence-electron chi connectivity index (χ0n) is 10.2. The number of hydrogen-bond acceptors (Lipinski definition) is 5. The fourth-order valence-corrected chi connectivity index (χ4v) is 3.73. The second kappa shape index (κ2) is 6.98. The summed E-state index contributed by atoms with van der Waals surface area (Å²) in [4.78, 5) is 15.6. The second-order valence-electron chi connectivity index (χ2n) is 3.86. The summed E-state index contributed by atoms with van der Waals surface area (Å²) in [5, 5.41) is 0. The Bertz CT molecular complexity index is 380. The van der Waals surface area contributed by atoms with E-state index in [2.05, 4.69) is 11.9 Å². The molecule has 0 bridgehead atoms. The van der Waals surface area contributed by atoms with Gasteiger partial charge in [0.05, 0.1) is 0 Å². The molecule has 1 unspecified atom stereocenters. The number of thiazole rings is 1. The molecular weight excluding hydrogens is 256 g/mol. The van der Waals surface area contributed by atoms with Crippen molar-refractivity contribution < 1.29 is 9.35 Å². The number of rotatable bonds is 7. The van der Waals surface area contributed by atoms with Crippen LogP contribution in [0.1, 0.15) is 49.2 Å². The van der Waals surface area contributed by atoms with Crippen molar-refractivity contribution in [2.45, 2.75) is 43.9 Å². The van der Waals surface area contributed by atoms with Crippen molar-refractivity contribution in [3.05, 3.63) is 4.88 Å². The van der Waals surface area contributed by atoms with E-state index in [0.29, 0.717) is 15.0 Å². The number of carbonyl (C=O) groups excluding carboxylic acids is 1. The maximum absolute atomic E-state index is 11.9. The monoisotopic (exact) mass is 274 g/mol. The normalized spacial score (nSPS) is 12.6. The molecule has 1 atom stereocenters. The molecular formula is C11H18N2O2S2. The van der Waals surface area contributed by atoms with Crippen LogP contribution < -0.4 is 5.73 Å². The van der Waals surface area contributed by atoms with Gasteiger partial charge >= 0.3 is 4.34 Å². The lowest BCUT2D eigenvalue weighted by Crippen LogP contribution is -2.06. The Morgan fingerprint density at radius 3 is 2.71 bits per heavy atom. The van der Waals surface area contributed by atoms with E-state index in [9.17, 15) is 9.35 Å². The summed E-state index contributed by atoms with van der Waals surface area (Å²) in [6, 6.07) is 0. The molecule has 0 aliphatic heterocycles. The van der Waals surface area contributed by atoms with Gasteiger partial charge in [0.1, 0.15) is 10.6 Å². The largest absolute Gasteiger partial charge is 0.610 e. The van der Waals surface area contributed by atoms with Crippen LogP contribution in [0.2, 0.25) is 0 Å². The van der Waals surface area contributed by atoms with E-state index < -0.39 is 11.2 Å². The highest BCUT2D eigenvalue weighted by atomic mass is 32.2. The molecule has 1 rings (SSSR count). The fourth-order valence-electron chi connectivity index (χ4n) is 1.41. The Balaban J connectivity index is 2.54. The van der Waals surface area contributed by atoms with Gasteiger partial charge in [-0.05, 0) is 12.8 Å². The first kappa shape index (κ1) is 14.5. The number of nitrogens with two attached hydrogens (primary N) is 1. The first-order valence-electron chi connectivity index (χ1n) is 5.71. The Kier molecular flexibility index (Phi) is 5.94. The van der Waals surface area contributed by atoms with Gasteiger partial charge in [-0.15, -0.1) is 0 Å². The molecule has 0 saturated carbocycles. The van der Waals surface area contributed by atoms with Crippen LogP contribution in [0.15, 0.2) is 4.34 Å². The first-order chi connectivity index (χ1) is 8.06. The lowest BCUT2D eigenvalue weighted by Gasteiger charge is -2.05. The molecule has 0 radical (unpaired) electrons. The molecule has 0 aliphatic rings. The molecule has 1 aromatic heterocycles. The van der Waals surface area contributed by atoms with Crippen LogP contribution in [0, 0.1) is 0 Å². The van der Waals surface area contributed by atoms with E-state index in [1.807, 2.05) is 0 Å². The summed E-state index contributed by atoms with van der Waals surface area (Å²) in [5.74, 6) is 0.693. The Hall–Kier alpha value is -0.590. The summed E-state index contributed by atoms with van der Waals surface area (Å²) < 4.78 is 12.4. The van der Waals surface area contributed by atoms with E-state index in [1.165, 1.54) is 6.92 Å². The van der Waals surface area contributed by atoms with E-state index in [0.717, 1.165) is 37.0 Å². The van der Waals surface area contributed by atoms with Crippen molar-refractivity contribution in [3.8, 4) is 0 Å². The lowest BCUT2D eigenvalue weighted by atomic mass is 10.2. The maximum atomic E-state index is 11.9. The number of Topliss-reactive ketones (excluding diaryl/α,β-unsaturated/α-hetero) is 1. The van der Waals surface area contributed by atoms with Gasteiger partial charge in [0.25, 0.3) is 0 Å². The van der Waals surface area contributed by atoms with E-state index in [-0.39, 0.29) is 11.6 Å². The number of aromatic nitrogens is 1. The molecule has 1 aromatic rings. The summed E-state index contributed by atoms with van der Waals surface area (Å²) in [6.45, 7) is 3.58. The Morgan fingerprint density at radius 1 is 1.47 bits per heavy atom. The standard InChI is InChI=1S/C11H18N2O2S2/c1-3-4-5-6-7-17(15)11-13-10(12)9(16-11)8(2)14/h3-7,12H2,1-2H3. The third-order valence-corrected chi connectivity index (χ3v) is 5.25. The molecule has 0 aromatic carbocycles. The molecule has 6 heteroatoms. The van der Waals surface area contributed by atoms with Crippen molar-refractivity contribution in [2.75, 3.05) is 11.5 Å². The van der Waals surface area contributed by atoms with Gasteiger partial charge in [0.15, 0.2) is 11.6 Å². The maximum Gasteiger partial charge on any atom is 0.304 e. The molecule has 0 spiro atoms. The highest BCUT2D eigenvalue weighted by Gasteiger charge is 2.20. The fraction of sp³-hybridized carbons (Fsp3) is 0.636. The van der Waals surface area contributed by atoms with Crippen molar-refractivity contribution in [1.29, 1.82) is 0 Å². The average Bonchev–Trinajstić information content (AvgIpc) is 2.66. The summed E-state index contributed by atoms with van der Waals surface area (Å²) in [6.07, 6.45) is 4.33. The van der Waals surface area contributed by atoms with Crippen LogP contribution in [0.4, 0.5) is 5.82 Å². The highest BCUT2D eigenvalue weighted by molar-refractivity contribution is 7.93. The van der Waals surface area contributed by atoms with E-state index in [4.69, 9.17) is 5.73 Å². The first-order valence-corrected chi connectivity index (χ1v) is 7.85. The molecule has 96 valence electrons. The third-order valence-electron chi connectivity index (χ3n) is 2.33. The topological polar surface area (TPSA) is 79.0 Å². The van der Waals surface area contributed by atoms with Gasteiger partial charge in [0.2, 0.25) is 0 Å². The SMILES string of the molecule is CCCCCC[S+]([O-])c1nc(N)c(C(C)=O)s1. The van der Waals surface area contributed by atoms with Gasteiger partial charge in [-0.25, -0.2) is 0 Å². The number of anilines is 1. The molecule has 0 saturated heterocycles. The molecule has 1 heterocycles. The van der Waals surface area contributed by atoms with Crippen LogP contribution in [-0.2, 0) is 11.2 Å². The van der Waals surface area contributed by atoms with Gasteiger partial charge in [-0.2, -0.15) is 4.98 Å². The molecule has 4 nitrogen and oxygen atoms in total. The van der Waals surface area contributed by atoms with Crippen LogP contribution >= 0.6 is 11.3 Å². The average molecular weight is 274 g/mol. The molecule has 0 fully saturated rings. The van der Waals surface area contributed by atoms with Gasteiger partial charge in [-0.3, -0.25) is 4.79 Å². The van der Waals surface area contributed by atoms with Crippen molar-refractivity contribution in [1.82, 2.24) is 4.98 Å². The molecule has 0 aliphatic carbocycles. The Labute approximate surface area is 109 Å². The number of nitrogens with zero attached hydrogens (tertiary/aromatic N) is 1. The minimum absolute atomic E-state index is 0.116. The van der Waals surface area contributed by atoms with Crippen LogP contribution in [-0.4, -0.2) is 21.1 Å². The van der Waals surface area contributed by atoms with Crippen molar-refractivity contribution >= 4 is 34.1 Å². The molecule has 2 N–H and O–H groups in total. The van der Waals surface area contributed by atoms with Crippen LogP contribution in [0.3, 0.4) is 0 Å². The summed E-state index contributed by atoms with van der Waals surface area (Å²) in [7, 11) is 0. The smallest absolute Gasteiger partial charge is 0.304 e.